The number of carbonyl (C=O) groups excluding carboxylic acids is 2. The van der Waals surface area contributed by atoms with Crippen molar-refractivity contribution >= 4 is 24.8 Å². The third kappa shape index (κ3) is 10.0. The Hall–Kier alpha value is -2.99. The van der Waals surface area contributed by atoms with Gasteiger partial charge in [0.15, 0.2) is 5.03 Å². The van der Waals surface area contributed by atoms with E-state index >= 15 is 0 Å². The van der Waals surface area contributed by atoms with Crippen LogP contribution in [0.1, 0.15) is 117 Å². The van der Waals surface area contributed by atoms with Crippen molar-refractivity contribution in [1.82, 2.24) is 10.7 Å². The van der Waals surface area contributed by atoms with Gasteiger partial charge in [-0.3, -0.25) is 9.59 Å². The molecule has 3 aliphatic carbocycles. The van der Waals surface area contributed by atoms with Crippen LogP contribution < -0.4 is 16.5 Å². The van der Waals surface area contributed by atoms with Crippen LogP contribution in [0, 0.1) is 39.2 Å². The molecule has 12 heteroatoms. The minimum absolute atomic E-state index is 0.0117. The van der Waals surface area contributed by atoms with Crippen LogP contribution in [0.5, 0.6) is 0 Å². The van der Waals surface area contributed by atoms with E-state index in [1.165, 1.54) is 5.56 Å². The van der Waals surface area contributed by atoms with E-state index in [0.717, 1.165) is 51.4 Å². The number of carbonyl (C=O) groups is 2. The summed E-state index contributed by atoms with van der Waals surface area (Å²) in [5.74, 6) is 0.0466. The lowest BCUT2D eigenvalue weighted by Gasteiger charge is -2.64. The van der Waals surface area contributed by atoms with Crippen LogP contribution in [0.25, 0.3) is 0 Å². The lowest BCUT2D eigenvalue weighted by molar-refractivity contribution is -0.525. The first-order chi connectivity index (χ1) is 22.8. The van der Waals surface area contributed by atoms with Crippen LogP contribution in [0.2, 0.25) is 0 Å². The molecule has 48 heavy (non-hydrogen) atoms. The zero-order valence-electron chi connectivity index (χ0n) is 29.7. The van der Waals surface area contributed by atoms with E-state index in [1.54, 1.807) is 0 Å². The van der Waals surface area contributed by atoms with E-state index < -0.39 is 18.1 Å². The number of nitrogens with two attached hydrogens (primary N) is 1. The Morgan fingerprint density at radius 2 is 1.79 bits per heavy atom. The molecular weight excluding hydrogens is 609 g/mol. The van der Waals surface area contributed by atoms with Crippen molar-refractivity contribution in [2.24, 2.45) is 39.8 Å². The summed E-state index contributed by atoms with van der Waals surface area (Å²) in [7, 11) is -0.544. The van der Waals surface area contributed by atoms with E-state index in [2.05, 4.69) is 69.2 Å². The molecule has 4 N–H and O–H groups in total. The first-order valence-electron chi connectivity index (χ1n) is 18.2. The van der Waals surface area contributed by atoms with E-state index in [9.17, 15) is 19.7 Å². The van der Waals surface area contributed by atoms with Crippen molar-refractivity contribution < 1.29 is 23.9 Å². The summed E-state index contributed by atoms with van der Waals surface area (Å²) in [5, 5.41) is 13.1. The monoisotopic (exact) mass is 667 g/mol. The lowest BCUT2D eigenvalue weighted by Crippen LogP contribution is -2.65. The van der Waals surface area contributed by atoms with Crippen molar-refractivity contribution in [2.75, 3.05) is 6.54 Å². The lowest BCUT2D eigenvalue weighted by atomic mass is 9.43. The zero-order valence-corrected chi connectivity index (χ0v) is 29.7. The van der Waals surface area contributed by atoms with Crippen molar-refractivity contribution in [3.05, 3.63) is 46.0 Å². The van der Waals surface area contributed by atoms with Gasteiger partial charge < -0.3 is 20.4 Å². The highest BCUT2D eigenvalue weighted by Gasteiger charge is 2.68. The summed E-state index contributed by atoms with van der Waals surface area (Å²) in [6.07, 6.45) is 10.5. The predicted molar refractivity (Wildman–Crippen MR) is 188 cm³/mol. The Kier molecular flexibility index (Phi) is 13.5. The summed E-state index contributed by atoms with van der Waals surface area (Å²) in [6.45, 7) is 11.3. The normalized spacial score (nSPS) is 25.6. The number of guanidine groups is 1. The largest absolute Gasteiger partial charge is 0.481 e. The summed E-state index contributed by atoms with van der Waals surface area (Å²) in [6, 6.07) is 10.5. The quantitative estimate of drug-likeness (QED) is 0.0392. The van der Waals surface area contributed by atoms with Crippen LogP contribution in [-0.2, 0) is 25.3 Å². The Bertz CT molecular complexity index is 1260. The highest BCUT2D eigenvalue weighted by atomic mass is 16.7. The van der Waals surface area contributed by atoms with Gasteiger partial charge >= 0.3 is 7.12 Å². The number of hydrazine groups is 1. The van der Waals surface area contributed by atoms with Gasteiger partial charge in [-0.2, -0.15) is 0 Å². The minimum Gasteiger partial charge on any atom is -0.404 e. The fourth-order valence-corrected chi connectivity index (χ4v) is 8.31. The number of hydrogen-bond acceptors (Lipinski definition) is 7. The third-order valence-electron chi connectivity index (χ3n) is 11.2. The fourth-order valence-electron chi connectivity index (χ4n) is 8.31. The molecule has 11 nitrogen and oxygen atoms in total. The number of ketones is 1. The van der Waals surface area contributed by atoms with Crippen LogP contribution in [0.4, 0.5) is 0 Å². The van der Waals surface area contributed by atoms with E-state index in [1.807, 2.05) is 11.5 Å². The molecule has 3 saturated carbocycles. The second-order valence-electron chi connectivity index (χ2n) is 15.6. The number of aliphatic imine (C=N–C) groups is 1. The molecule has 1 heterocycles. The molecule has 1 amide bonds. The summed E-state index contributed by atoms with van der Waals surface area (Å²) < 4.78 is 13.3. The predicted octanol–water partition coefficient (Wildman–Crippen LogP) is 5.82. The van der Waals surface area contributed by atoms with Gasteiger partial charge in [-0.1, -0.05) is 82.7 Å². The van der Waals surface area contributed by atoms with Crippen molar-refractivity contribution in [3.8, 4) is 0 Å². The first kappa shape index (κ1) is 37.8. The maximum atomic E-state index is 13.9. The standard InChI is InChI=1S/C36H58BN5O6/c1-25(2)21-32(37-47-31-24-28-23-30(35(28,3)4)36(31,5)48-37)40-33(44)27(18-14-20-39-34(38)41-42(45)46)22-29(43)19-13-8-6-7-10-15-26-16-11-9-12-17-26/h9,11-12,16-17,25,27-28,30-32H,6-8,10,13-15,18-24H2,1-5H3,(H,40,44)(H3,38,39,41)/t27-,28-,30-,31-,32+,36+/m1/s1. The molecule has 266 valence electrons. The molecule has 0 unspecified atom stereocenters. The topological polar surface area (TPSA) is 158 Å². The van der Waals surface area contributed by atoms with Gasteiger partial charge in [0, 0.05) is 25.3 Å². The van der Waals surface area contributed by atoms with Gasteiger partial charge in [-0.25, -0.2) is 15.1 Å². The minimum atomic E-state index is -0.764. The van der Waals surface area contributed by atoms with E-state index in [-0.39, 0.29) is 53.7 Å². The maximum Gasteiger partial charge on any atom is 0.481 e. The Morgan fingerprint density at radius 1 is 1.08 bits per heavy atom. The second-order valence-corrected chi connectivity index (χ2v) is 15.6. The van der Waals surface area contributed by atoms with Crippen molar-refractivity contribution in [1.29, 1.82) is 0 Å². The molecule has 0 aromatic heterocycles. The zero-order chi connectivity index (χ0) is 34.9. The molecule has 0 spiro atoms. The Balaban J connectivity index is 1.32. The molecular formula is C36H58BN5O6. The highest BCUT2D eigenvalue weighted by molar-refractivity contribution is 6.47. The number of Topliss-reactive ketones (excluding diaryl/α,β-unsaturated/α-hetero) is 1. The number of nitro groups is 1. The molecule has 1 saturated heterocycles. The number of amides is 1. The Labute approximate surface area is 287 Å². The smallest absolute Gasteiger partial charge is 0.404 e. The van der Waals surface area contributed by atoms with E-state index in [4.69, 9.17) is 15.0 Å². The van der Waals surface area contributed by atoms with Gasteiger partial charge in [0.05, 0.1) is 17.6 Å². The molecule has 4 fully saturated rings. The molecule has 1 aromatic rings. The molecule has 1 aliphatic heterocycles. The Morgan fingerprint density at radius 3 is 2.48 bits per heavy atom. The third-order valence-corrected chi connectivity index (χ3v) is 11.2. The van der Waals surface area contributed by atoms with Crippen molar-refractivity contribution in [3.63, 3.8) is 0 Å². The molecule has 2 bridgehead atoms. The van der Waals surface area contributed by atoms with Gasteiger partial charge in [0.2, 0.25) is 5.91 Å². The summed E-state index contributed by atoms with van der Waals surface area (Å²) in [4.78, 5) is 41.7. The van der Waals surface area contributed by atoms with Gasteiger partial charge in [0.1, 0.15) is 5.78 Å². The van der Waals surface area contributed by atoms with Crippen LogP contribution in [-0.4, -0.2) is 54.0 Å². The summed E-state index contributed by atoms with van der Waals surface area (Å²) in [5.41, 5.74) is 8.60. The number of aryl methyl sites for hydroxylation is 1. The van der Waals surface area contributed by atoms with Crippen molar-refractivity contribution in [2.45, 2.75) is 136 Å². The molecule has 0 radical (unpaired) electrons. The number of rotatable bonds is 20. The average molecular weight is 668 g/mol. The van der Waals surface area contributed by atoms with Gasteiger partial charge in [-0.05, 0) is 87.0 Å². The SMILES string of the molecule is CC(C)C[C@H](NC(=O)[C@H](CCCN=C(N)N[N+](=O)[O-])CC(=O)CCCCCCCc1ccccc1)B1O[C@@H]2C[C@H]3C[C@H](C3(C)C)[C@]2(C)O1. The van der Waals surface area contributed by atoms with Crippen LogP contribution in [0.15, 0.2) is 35.3 Å². The molecule has 1 aromatic carbocycles. The number of nitrogens with zero attached hydrogens (tertiary/aromatic N) is 2. The average Bonchev–Trinajstić information content (AvgIpc) is 3.39. The summed E-state index contributed by atoms with van der Waals surface area (Å²) >= 11 is 0. The highest BCUT2D eigenvalue weighted by Crippen LogP contribution is 2.65. The number of nitrogens with one attached hydrogen (secondary N) is 2. The van der Waals surface area contributed by atoms with Gasteiger partial charge in [-0.15, -0.1) is 0 Å². The number of unbranched alkanes of at least 4 members (excludes halogenated alkanes) is 4. The molecule has 4 aliphatic rings. The maximum absolute atomic E-state index is 13.9. The number of benzene rings is 1. The number of hydrogen-bond donors (Lipinski definition) is 3. The van der Waals surface area contributed by atoms with E-state index in [0.29, 0.717) is 43.4 Å². The van der Waals surface area contributed by atoms with Gasteiger partial charge in [0.25, 0.3) is 5.96 Å². The first-order valence-corrected chi connectivity index (χ1v) is 18.2. The molecule has 5 rings (SSSR count). The fraction of sp³-hybridized carbons (Fsp3) is 0.750. The van der Waals surface area contributed by atoms with Crippen LogP contribution in [0.3, 0.4) is 0 Å². The van der Waals surface area contributed by atoms with Crippen LogP contribution >= 0.6 is 0 Å². The molecule has 6 atom stereocenters. The second kappa shape index (κ2) is 17.1.